The van der Waals surface area contributed by atoms with Crippen LogP contribution in [0.5, 0.6) is 0 Å². The molecular formula is C11H11FN4O2. The molecule has 0 aliphatic carbocycles. The Balaban J connectivity index is 3.11. The Kier molecular flexibility index (Phi) is 4.21. The number of carbonyl (C=O) groups is 2. The summed E-state index contributed by atoms with van der Waals surface area (Å²) in [5.74, 6) is -2.04. The summed E-state index contributed by atoms with van der Waals surface area (Å²) < 4.78 is 13.2. The maximum atomic E-state index is 13.2. The van der Waals surface area contributed by atoms with Gasteiger partial charge in [0.05, 0.1) is 24.7 Å². The SMILES string of the molecule is N#Cc1cc(F)cc(N(CC(N)=O)CC(N)=O)c1. The molecule has 1 rings (SSSR count). The van der Waals surface area contributed by atoms with Crippen LogP contribution in [0.2, 0.25) is 0 Å². The molecule has 0 saturated heterocycles. The average molecular weight is 250 g/mol. The van der Waals surface area contributed by atoms with Crippen molar-refractivity contribution in [2.45, 2.75) is 0 Å². The van der Waals surface area contributed by atoms with Gasteiger partial charge in [-0.05, 0) is 18.2 Å². The Morgan fingerprint density at radius 1 is 1.22 bits per heavy atom. The Hall–Kier alpha value is -2.62. The van der Waals surface area contributed by atoms with Crippen LogP contribution >= 0.6 is 0 Å². The number of hydrogen-bond donors (Lipinski definition) is 2. The normalized spacial score (nSPS) is 9.56. The summed E-state index contributed by atoms with van der Waals surface area (Å²) >= 11 is 0. The maximum Gasteiger partial charge on any atom is 0.236 e. The van der Waals surface area contributed by atoms with E-state index in [-0.39, 0.29) is 24.3 Å². The van der Waals surface area contributed by atoms with Crippen molar-refractivity contribution >= 4 is 17.5 Å². The molecule has 0 heterocycles. The van der Waals surface area contributed by atoms with Gasteiger partial charge in [0.25, 0.3) is 0 Å². The van der Waals surface area contributed by atoms with E-state index >= 15 is 0 Å². The van der Waals surface area contributed by atoms with Gasteiger partial charge in [-0.3, -0.25) is 9.59 Å². The van der Waals surface area contributed by atoms with Crippen molar-refractivity contribution in [3.63, 3.8) is 0 Å². The second-order valence-electron chi connectivity index (χ2n) is 3.60. The standard InChI is InChI=1S/C11H11FN4O2/c12-8-1-7(4-13)2-9(3-8)16(5-10(14)17)6-11(15)18/h1-3H,5-6H2,(H2,14,17)(H2,15,18). The van der Waals surface area contributed by atoms with Crippen LogP contribution in [0.4, 0.5) is 10.1 Å². The Morgan fingerprint density at radius 2 is 1.78 bits per heavy atom. The van der Waals surface area contributed by atoms with Crippen molar-refractivity contribution in [2.24, 2.45) is 11.5 Å². The fourth-order valence-electron chi connectivity index (χ4n) is 1.44. The zero-order valence-electron chi connectivity index (χ0n) is 9.39. The molecule has 94 valence electrons. The van der Waals surface area contributed by atoms with Crippen LogP contribution in [-0.4, -0.2) is 24.9 Å². The number of benzene rings is 1. The first-order valence-corrected chi connectivity index (χ1v) is 4.94. The van der Waals surface area contributed by atoms with Crippen molar-refractivity contribution in [3.05, 3.63) is 29.6 Å². The highest BCUT2D eigenvalue weighted by atomic mass is 19.1. The Morgan fingerprint density at radius 3 is 2.22 bits per heavy atom. The minimum absolute atomic E-state index is 0.0731. The van der Waals surface area contributed by atoms with Gasteiger partial charge in [-0.2, -0.15) is 5.26 Å². The molecule has 0 radical (unpaired) electrons. The third-order valence-corrected chi connectivity index (χ3v) is 2.07. The molecule has 7 heteroatoms. The number of amides is 2. The highest BCUT2D eigenvalue weighted by Crippen LogP contribution is 2.18. The predicted molar refractivity (Wildman–Crippen MR) is 61.7 cm³/mol. The minimum Gasteiger partial charge on any atom is -0.368 e. The summed E-state index contributed by atoms with van der Waals surface area (Å²) in [5.41, 5.74) is 10.3. The quantitative estimate of drug-likeness (QED) is 0.731. The van der Waals surface area contributed by atoms with E-state index in [0.29, 0.717) is 0 Å². The van der Waals surface area contributed by atoms with Crippen LogP contribution in [-0.2, 0) is 9.59 Å². The molecule has 0 unspecified atom stereocenters. The van der Waals surface area contributed by atoms with Gasteiger partial charge in [-0.15, -0.1) is 0 Å². The van der Waals surface area contributed by atoms with Gasteiger partial charge in [-0.1, -0.05) is 0 Å². The average Bonchev–Trinajstić information content (AvgIpc) is 2.26. The number of halogens is 1. The number of carbonyl (C=O) groups excluding carboxylic acids is 2. The van der Waals surface area contributed by atoms with E-state index < -0.39 is 17.6 Å². The lowest BCUT2D eigenvalue weighted by Crippen LogP contribution is -2.39. The second-order valence-corrected chi connectivity index (χ2v) is 3.60. The summed E-state index contributed by atoms with van der Waals surface area (Å²) in [6.07, 6.45) is 0. The zero-order valence-corrected chi connectivity index (χ0v) is 9.39. The van der Waals surface area contributed by atoms with E-state index in [1.54, 1.807) is 6.07 Å². The number of nitrogens with two attached hydrogens (primary N) is 2. The molecule has 6 nitrogen and oxygen atoms in total. The first-order valence-electron chi connectivity index (χ1n) is 4.94. The number of anilines is 1. The van der Waals surface area contributed by atoms with Crippen LogP contribution in [0.3, 0.4) is 0 Å². The molecule has 0 atom stereocenters. The first kappa shape index (κ1) is 13.4. The lowest BCUT2D eigenvalue weighted by molar-refractivity contribution is -0.117. The van der Waals surface area contributed by atoms with Crippen molar-refractivity contribution in [1.82, 2.24) is 0 Å². The van der Waals surface area contributed by atoms with Crippen molar-refractivity contribution < 1.29 is 14.0 Å². The van der Waals surface area contributed by atoms with Gasteiger partial charge >= 0.3 is 0 Å². The van der Waals surface area contributed by atoms with Crippen LogP contribution in [0.15, 0.2) is 18.2 Å². The molecule has 0 aliphatic heterocycles. The molecular weight excluding hydrogens is 239 g/mol. The summed E-state index contributed by atoms with van der Waals surface area (Å²) in [6.45, 7) is -0.589. The van der Waals surface area contributed by atoms with Crippen LogP contribution in [0.25, 0.3) is 0 Å². The molecule has 4 N–H and O–H groups in total. The molecule has 2 amide bonds. The van der Waals surface area contributed by atoms with Crippen LogP contribution < -0.4 is 16.4 Å². The minimum atomic E-state index is -0.695. The van der Waals surface area contributed by atoms with E-state index in [9.17, 15) is 14.0 Å². The third-order valence-electron chi connectivity index (χ3n) is 2.07. The number of primary amides is 2. The van der Waals surface area contributed by atoms with E-state index in [2.05, 4.69) is 0 Å². The highest BCUT2D eigenvalue weighted by molar-refractivity contribution is 5.84. The highest BCUT2D eigenvalue weighted by Gasteiger charge is 2.14. The van der Waals surface area contributed by atoms with Crippen molar-refractivity contribution in [3.8, 4) is 6.07 Å². The largest absolute Gasteiger partial charge is 0.368 e. The molecule has 0 saturated carbocycles. The number of nitriles is 1. The monoisotopic (exact) mass is 250 g/mol. The van der Waals surface area contributed by atoms with E-state index in [4.69, 9.17) is 16.7 Å². The Labute approximate surface area is 103 Å². The van der Waals surface area contributed by atoms with Crippen LogP contribution in [0.1, 0.15) is 5.56 Å². The van der Waals surface area contributed by atoms with Crippen molar-refractivity contribution in [1.29, 1.82) is 5.26 Å². The van der Waals surface area contributed by atoms with E-state index in [0.717, 1.165) is 12.1 Å². The van der Waals surface area contributed by atoms with Gasteiger partial charge in [0.1, 0.15) is 5.82 Å². The second kappa shape index (κ2) is 5.63. The number of hydrogen-bond acceptors (Lipinski definition) is 4. The molecule has 0 bridgehead atoms. The number of nitrogens with zero attached hydrogens (tertiary/aromatic N) is 2. The third kappa shape index (κ3) is 3.75. The summed E-state index contributed by atoms with van der Waals surface area (Å²) in [6, 6.07) is 5.24. The summed E-state index contributed by atoms with van der Waals surface area (Å²) in [4.78, 5) is 23.0. The van der Waals surface area contributed by atoms with Gasteiger partial charge < -0.3 is 16.4 Å². The first-order chi connectivity index (χ1) is 8.42. The smallest absolute Gasteiger partial charge is 0.236 e. The van der Waals surface area contributed by atoms with Crippen LogP contribution in [0, 0.1) is 17.1 Å². The lowest BCUT2D eigenvalue weighted by Gasteiger charge is -2.21. The fraction of sp³-hybridized carbons (Fsp3) is 0.182. The van der Waals surface area contributed by atoms with Gasteiger partial charge in [-0.25, -0.2) is 4.39 Å². The lowest BCUT2D eigenvalue weighted by atomic mass is 10.2. The van der Waals surface area contributed by atoms with E-state index in [1.807, 2.05) is 0 Å². The molecule has 1 aromatic rings. The number of rotatable bonds is 5. The molecule has 0 aliphatic rings. The fourth-order valence-corrected chi connectivity index (χ4v) is 1.44. The van der Waals surface area contributed by atoms with Gasteiger partial charge in [0.2, 0.25) is 11.8 Å². The topological polar surface area (TPSA) is 113 Å². The molecule has 0 spiro atoms. The van der Waals surface area contributed by atoms with E-state index in [1.165, 1.54) is 11.0 Å². The molecule has 18 heavy (non-hydrogen) atoms. The molecule has 0 fully saturated rings. The van der Waals surface area contributed by atoms with Gasteiger partial charge in [0.15, 0.2) is 0 Å². The maximum absolute atomic E-state index is 13.2. The summed E-state index contributed by atoms with van der Waals surface area (Å²) in [7, 11) is 0. The molecule has 1 aromatic carbocycles. The zero-order chi connectivity index (χ0) is 13.7. The predicted octanol–water partition coefficient (Wildman–Crippen LogP) is -0.526. The van der Waals surface area contributed by atoms with Crippen molar-refractivity contribution in [2.75, 3.05) is 18.0 Å². The molecule has 0 aromatic heterocycles. The van der Waals surface area contributed by atoms with Gasteiger partial charge in [0, 0.05) is 5.69 Å². The Bertz CT molecular complexity index is 508. The summed E-state index contributed by atoms with van der Waals surface area (Å²) in [5, 5.41) is 8.71.